The molecule has 0 aliphatic heterocycles. The van der Waals surface area contributed by atoms with Gasteiger partial charge in [0.25, 0.3) is 0 Å². The van der Waals surface area contributed by atoms with Crippen molar-refractivity contribution in [3.63, 3.8) is 0 Å². The maximum Gasteiger partial charge on any atom is 0.166 e. The Balaban J connectivity index is 3.03. The van der Waals surface area contributed by atoms with Gasteiger partial charge in [-0.25, -0.2) is 0 Å². The third kappa shape index (κ3) is 7.75. The van der Waals surface area contributed by atoms with Crippen LogP contribution in [0, 0.1) is 0 Å². The first-order chi connectivity index (χ1) is 5.81. The first kappa shape index (κ1) is 11.6. The van der Waals surface area contributed by atoms with Crippen LogP contribution in [0.3, 0.4) is 0 Å². The average molecular weight is 190 g/mol. The third-order valence-corrected chi connectivity index (χ3v) is 1.58. The van der Waals surface area contributed by atoms with Crippen LogP contribution in [0.15, 0.2) is 0 Å². The quantitative estimate of drug-likeness (QED) is 0.481. The normalized spacial score (nSPS) is 9.50. The average Bonchev–Trinajstić information content (AvgIpc) is 2.05. The van der Waals surface area contributed by atoms with Crippen LogP contribution in [-0.4, -0.2) is 31.4 Å². The predicted octanol–water partition coefficient (Wildman–Crippen LogP) is 0.897. The molecule has 0 aromatic rings. The SMILES string of the molecule is CCNC(=S)NCCCOCC. The second-order valence-corrected chi connectivity index (χ2v) is 2.74. The minimum absolute atomic E-state index is 0.731. The molecule has 0 aromatic carbocycles. The van der Waals surface area contributed by atoms with Crippen molar-refractivity contribution in [3.8, 4) is 0 Å². The van der Waals surface area contributed by atoms with Crippen LogP contribution in [0.4, 0.5) is 0 Å². The van der Waals surface area contributed by atoms with Crippen molar-refractivity contribution in [2.45, 2.75) is 20.3 Å². The van der Waals surface area contributed by atoms with Gasteiger partial charge in [0.05, 0.1) is 0 Å². The van der Waals surface area contributed by atoms with E-state index in [1.165, 1.54) is 0 Å². The van der Waals surface area contributed by atoms with Crippen LogP contribution in [-0.2, 0) is 4.74 Å². The molecule has 0 amide bonds. The topological polar surface area (TPSA) is 33.3 Å². The van der Waals surface area contributed by atoms with Crippen molar-refractivity contribution in [2.75, 3.05) is 26.3 Å². The molecule has 0 radical (unpaired) electrons. The highest BCUT2D eigenvalue weighted by atomic mass is 32.1. The summed E-state index contributed by atoms with van der Waals surface area (Å²) in [5, 5.41) is 6.83. The van der Waals surface area contributed by atoms with Gasteiger partial charge in [-0.3, -0.25) is 0 Å². The Morgan fingerprint density at radius 3 is 2.67 bits per heavy atom. The first-order valence-corrected chi connectivity index (χ1v) is 4.81. The first-order valence-electron chi connectivity index (χ1n) is 4.40. The van der Waals surface area contributed by atoms with E-state index in [0.29, 0.717) is 0 Å². The highest BCUT2D eigenvalue weighted by molar-refractivity contribution is 7.80. The van der Waals surface area contributed by atoms with Crippen molar-refractivity contribution >= 4 is 17.3 Å². The van der Waals surface area contributed by atoms with Crippen molar-refractivity contribution in [1.29, 1.82) is 0 Å². The van der Waals surface area contributed by atoms with Gasteiger partial charge in [-0.2, -0.15) is 0 Å². The molecule has 0 aliphatic carbocycles. The molecule has 12 heavy (non-hydrogen) atoms. The van der Waals surface area contributed by atoms with Crippen LogP contribution < -0.4 is 10.6 Å². The molecule has 0 aromatic heterocycles. The molecular formula is C8H18N2OS. The lowest BCUT2D eigenvalue weighted by Gasteiger charge is -2.07. The van der Waals surface area contributed by atoms with Gasteiger partial charge in [-0.1, -0.05) is 0 Å². The van der Waals surface area contributed by atoms with E-state index in [2.05, 4.69) is 10.6 Å². The number of hydrogen-bond donors (Lipinski definition) is 2. The van der Waals surface area contributed by atoms with Crippen LogP contribution in [0.2, 0.25) is 0 Å². The maximum absolute atomic E-state index is 5.17. The van der Waals surface area contributed by atoms with Crippen LogP contribution in [0.1, 0.15) is 20.3 Å². The Hall–Kier alpha value is -0.350. The lowest BCUT2D eigenvalue weighted by atomic mass is 10.4. The van der Waals surface area contributed by atoms with E-state index in [1.807, 2.05) is 13.8 Å². The van der Waals surface area contributed by atoms with Gasteiger partial charge < -0.3 is 15.4 Å². The third-order valence-electron chi connectivity index (χ3n) is 1.29. The molecule has 0 saturated carbocycles. The summed E-state index contributed by atoms with van der Waals surface area (Å²) in [6.07, 6.45) is 0.999. The van der Waals surface area contributed by atoms with Crippen molar-refractivity contribution in [1.82, 2.24) is 10.6 Å². The number of ether oxygens (including phenoxy) is 1. The zero-order chi connectivity index (χ0) is 9.23. The van der Waals surface area contributed by atoms with E-state index < -0.39 is 0 Å². The summed E-state index contributed by atoms with van der Waals surface area (Å²) < 4.78 is 5.17. The monoisotopic (exact) mass is 190 g/mol. The van der Waals surface area contributed by atoms with Gasteiger partial charge in [0.2, 0.25) is 0 Å². The van der Waals surface area contributed by atoms with Gasteiger partial charge in [0.1, 0.15) is 0 Å². The van der Waals surface area contributed by atoms with E-state index in [0.717, 1.165) is 37.8 Å². The maximum atomic E-state index is 5.17. The summed E-state index contributed by atoms with van der Waals surface area (Å²) in [5.41, 5.74) is 0. The van der Waals surface area contributed by atoms with Crippen LogP contribution in [0.5, 0.6) is 0 Å². The smallest absolute Gasteiger partial charge is 0.166 e. The lowest BCUT2D eigenvalue weighted by molar-refractivity contribution is 0.146. The van der Waals surface area contributed by atoms with Gasteiger partial charge in [0, 0.05) is 26.3 Å². The fourth-order valence-corrected chi connectivity index (χ4v) is 0.990. The van der Waals surface area contributed by atoms with E-state index in [1.54, 1.807) is 0 Å². The van der Waals surface area contributed by atoms with Crippen LogP contribution >= 0.6 is 12.2 Å². The molecule has 0 bridgehead atoms. The van der Waals surface area contributed by atoms with Gasteiger partial charge in [-0.05, 0) is 32.5 Å². The Morgan fingerprint density at radius 2 is 2.08 bits per heavy atom. The largest absolute Gasteiger partial charge is 0.382 e. The fraction of sp³-hybridized carbons (Fsp3) is 0.875. The number of hydrogen-bond acceptors (Lipinski definition) is 2. The van der Waals surface area contributed by atoms with Crippen molar-refractivity contribution < 1.29 is 4.74 Å². The Kier molecular flexibility index (Phi) is 8.49. The summed E-state index contributed by atoms with van der Waals surface area (Å²) in [4.78, 5) is 0. The molecule has 3 nitrogen and oxygen atoms in total. The zero-order valence-corrected chi connectivity index (χ0v) is 8.67. The number of rotatable bonds is 6. The molecule has 72 valence electrons. The molecule has 0 spiro atoms. The molecule has 0 rings (SSSR count). The molecule has 0 aliphatic rings. The predicted molar refractivity (Wildman–Crippen MR) is 55.4 cm³/mol. The second kappa shape index (κ2) is 8.74. The Labute approximate surface area is 79.9 Å². The molecule has 0 heterocycles. The van der Waals surface area contributed by atoms with E-state index in [4.69, 9.17) is 17.0 Å². The van der Waals surface area contributed by atoms with Crippen molar-refractivity contribution in [3.05, 3.63) is 0 Å². The van der Waals surface area contributed by atoms with Gasteiger partial charge in [-0.15, -0.1) is 0 Å². The van der Waals surface area contributed by atoms with E-state index in [-0.39, 0.29) is 0 Å². The number of thiocarbonyl (C=S) groups is 1. The fourth-order valence-electron chi connectivity index (χ4n) is 0.744. The summed E-state index contributed by atoms with van der Waals surface area (Å²) in [7, 11) is 0. The van der Waals surface area contributed by atoms with Crippen molar-refractivity contribution in [2.24, 2.45) is 0 Å². The molecule has 2 N–H and O–H groups in total. The van der Waals surface area contributed by atoms with E-state index >= 15 is 0 Å². The molecule has 0 atom stereocenters. The molecule has 4 heteroatoms. The highest BCUT2D eigenvalue weighted by Crippen LogP contribution is 1.79. The Morgan fingerprint density at radius 1 is 1.33 bits per heavy atom. The van der Waals surface area contributed by atoms with Gasteiger partial charge >= 0.3 is 0 Å². The Bertz CT molecular complexity index is 120. The second-order valence-electron chi connectivity index (χ2n) is 2.34. The summed E-state index contributed by atoms with van der Waals surface area (Å²) >= 11 is 4.97. The lowest BCUT2D eigenvalue weighted by Crippen LogP contribution is -2.35. The minimum Gasteiger partial charge on any atom is -0.382 e. The molecule has 0 fully saturated rings. The van der Waals surface area contributed by atoms with E-state index in [9.17, 15) is 0 Å². The standard InChI is InChI=1S/C8H18N2OS/c1-3-9-8(12)10-6-5-7-11-4-2/h3-7H2,1-2H3,(H2,9,10,12). The summed E-state index contributed by atoms with van der Waals surface area (Å²) in [6.45, 7) is 7.36. The van der Waals surface area contributed by atoms with Crippen LogP contribution in [0.25, 0.3) is 0 Å². The zero-order valence-electron chi connectivity index (χ0n) is 7.85. The summed E-state index contributed by atoms with van der Waals surface area (Å²) in [5.74, 6) is 0. The highest BCUT2D eigenvalue weighted by Gasteiger charge is 1.91. The molecule has 0 unspecified atom stereocenters. The molecular weight excluding hydrogens is 172 g/mol. The number of nitrogens with one attached hydrogen (secondary N) is 2. The van der Waals surface area contributed by atoms with Gasteiger partial charge in [0.15, 0.2) is 5.11 Å². The minimum atomic E-state index is 0.731. The summed E-state index contributed by atoms with van der Waals surface area (Å²) in [6, 6.07) is 0. The molecule has 0 saturated heterocycles.